The van der Waals surface area contributed by atoms with E-state index in [4.69, 9.17) is 9.47 Å². The number of nitrogens with one attached hydrogen (secondary N) is 1. The maximum absolute atomic E-state index is 10.3. The number of fused-ring (bicyclic) bond motifs is 1. The second-order valence-corrected chi connectivity index (χ2v) is 6.63. The molecule has 4 heteroatoms. The number of benzene rings is 2. The fraction of sp³-hybridized carbons (Fsp3) is 0.364. The standard InChI is InChI=1S/C22H27NO3/c1-2-13-25-21-9-5-6-10-22(21)26-16-20(24)15-23-19-12-11-17-7-3-4-8-18(17)14-19/h2-10,19-20,23-24H,1,11-16H2. The van der Waals surface area contributed by atoms with E-state index < -0.39 is 6.10 Å². The SMILES string of the molecule is C=CCOc1ccccc1OCC(O)CNC1CCc2ccccc2C1. The molecule has 1 aliphatic rings. The number of aryl methyl sites for hydroxylation is 1. The number of para-hydroxylation sites is 2. The van der Waals surface area contributed by atoms with E-state index in [0.29, 0.717) is 30.7 Å². The van der Waals surface area contributed by atoms with Gasteiger partial charge in [-0.25, -0.2) is 0 Å². The van der Waals surface area contributed by atoms with Crippen LogP contribution in [0.5, 0.6) is 11.5 Å². The first kappa shape index (κ1) is 18.5. The molecule has 0 aliphatic heterocycles. The van der Waals surface area contributed by atoms with Gasteiger partial charge in [0, 0.05) is 12.6 Å². The number of hydrogen-bond donors (Lipinski definition) is 2. The van der Waals surface area contributed by atoms with Crippen LogP contribution < -0.4 is 14.8 Å². The summed E-state index contributed by atoms with van der Waals surface area (Å²) < 4.78 is 11.3. The van der Waals surface area contributed by atoms with Gasteiger partial charge in [-0.2, -0.15) is 0 Å². The summed E-state index contributed by atoms with van der Waals surface area (Å²) in [6.45, 7) is 4.82. The Morgan fingerprint density at radius 3 is 2.54 bits per heavy atom. The number of aliphatic hydroxyl groups is 1. The number of hydrogen-bond acceptors (Lipinski definition) is 4. The predicted octanol–water partition coefficient (Wildman–Crippen LogP) is 3.14. The predicted molar refractivity (Wildman–Crippen MR) is 104 cm³/mol. The zero-order valence-corrected chi connectivity index (χ0v) is 15.1. The molecule has 2 unspecified atom stereocenters. The van der Waals surface area contributed by atoms with Gasteiger partial charge in [-0.3, -0.25) is 0 Å². The zero-order valence-electron chi connectivity index (χ0n) is 15.1. The highest BCUT2D eigenvalue weighted by molar-refractivity contribution is 5.39. The molecule has 3 rings (SSSR count). The fourth-order valence-electron chi connectivity index (χ4n) is 3.26. The first-order chi connectivity index (χ1) is 12.8. The normalized spacial score (nSPS) is 17.2. The van der Waals surface area contributed by atoms with Crippen LogP contribution in [0.2, 0.25) is 0 Å². The van der Waals surface area contributed by atoms with Crippen LogP contribution >= 0.6 is 0 Å². The van der Waals surface area contributed by atoms with E-state index in [0.717, 1.165) is 19.3 Å². The average Bonchev–Trinajstić information content (AvgIpc) is 2.69. The molecule has 0 spiro atoms. The van der Waals surface area contributed by atoms with E-state index in [1.54, 1.807) is 6.08 Å². The van der Waals surface area contributed by atoms with Crippen LogP contribution in [0.1, 0.15) is 17.5 Å². The van der Waals surface area contributed by atoms with Crippen molar-refractivity contribution in [2.24, 2.45) is 0 Å². The highest BCUT2D eigenvalue weighted by Gasteiger charge is 2.19. The largest absolute Gasteiger partial charge is 0.487 e. The summed E-state index contributed by atoms with van der Waals surface area (Å²) in [6, 6.07) is 16.5. The molecule has 138 valence electrons. The number of ether oxygens (including phenoxy) is 2. The fourth-order valence-corrected chi connectivity index (χ4v) is 3.26. The van der Waals surface area contributed by atoms with Crippen molar-refractivity contribution in [3.8, 4) is 11.5 Å². The summed E-state index contributed by atoms with van der Waals surface area (Å²) in [7, 11) is 0. The smallest absolute Gasteiger partial charge is 0.161 e. The molecule has 0 aromatic heterocycles. The van der Waals surface area contributed by atoms with Crippen LogP contribution in [0.25, 0.3) is 0 Å². The van der Waals surface area contributed by atoms with Crippen molar-refractivity contribution in [1.82, 2.24) is 5.32 Å². The Bertz CT molecular complexity index is 716. The molecule has 0 saturated carbocycles. The van der Waals surface area contributed by atoms with Gasteiger partial charge in [0.05, 0.1) is 0 Å². The Kier molecular flexibility index (Phi) is 6.69. The van der Waals surface area contributed by atoms with Crippen LogP contribution in [-0.2, 0) is 12.8 Å². The molecule has 0 fully saturated rings. The minimum Gasteiger partial charge on any atom is -0.487 e. The summed E-state index contributed by atoms with van der Waals surface area (Å²) in [5.74, 6) is 1.30. The van der Waals surface area contributed by atoms with Gasteiger partial charge in [-0.15, -0.1) is 0 Å². The first-order valence-corrected chi connectivity index (χ1v) is 9.20. The molecule has 2 N–H and O–H groups in total. The van der Waals surface area contributed by atoms with Crippen LogP contribution in [0.4, 0.5) is 0 Å². The Balaban J connectivity index is 1.44. The summed E-state index contributed by atoms with van der Waals surface area (Å²) in [4.78, 5) is 0. The zero-order chi connectivity index (χ0) is 18.2. The van der Waals surface area contributed by atoms with Crippen LogP contribution in [0, 0.1) is 0 Å². The Labute approximate surface area is 155 Å². The van der Waals surface area contributed by atoms with E-state index in [1.165, 1.54) is 11.1 Å². The van der Waals surface area contributed by atoms with Crippen molar-refractivity contribution in [3.05, 3.63) is 72.3 Å². The molecule has 2 aromatic rings. The van der Waals surface area contributed by atoms with Crippen molar-refractivity contribution in [2.75, 3.05) is 19.8 Å². The Hall–Kier alpha value is -2.30. The minimum atomic E-state index is -0.570. The molecular weight excluding hydrogens is 326 g/mol. The van der Waals surface area contributed by atoms with Gasteiger partial charge < -0.3 is 19.9 Å². The monoisotopic (exact) mass is 353 g/mol. The topological polar surface area (TPSA) is 50.7 Å². The maximum Gasteiger partial charge on any atom is 0.161 e. The van der Waals surface area contributed by atoms with Crippen molar-refractivity contribution in [1.29, 1.82) is 0 Å². The van der Waals surface area contributed by atoms with Crippen LogP contribution in [-0.4, -0.2) is 37.0 Å². The van der Waals surface area contributed by atoms with Crippen molar-refractivity contribution in [2.45, 2.75) is 31.4 Å². The lowest BCUT2D eigenvalue weighted by Gasteiger charge is -2.26. The van der Waals surface area contributed by atoms with E-state index >= 15 is 0 Å². The van der Waals surface area contributed by atoms with Crippen LogP contribution in [0.3, 0.4) is 0 Å². The van der Waals surface area contributed by atoms with Gasteiger partial charge in [0.2, 0.25) is 0 Å². The third-order valence-electron chi connectivity index (χ3n) is 4.63. The van der Waals surface area contributed by atoms with Crippen molar-refractivity contribution in [3.63, 3.8) is 0 Å². The molecule has 0 radical (unpaired) electrons. The summed E-state index contributed by atoms with van der Waals surface area (Å²) in [5.41, 5.74) is 2.86. The molecule has 0 heterocycles. The Morgan fingerprint density at radius 1 is 1.08 bits per heavy atom. The lowest BCUT2D eigenvalue weighted by atomic mass is 9.88. The second-order valence-electron chi connectivity index (χ2n) is 6.63. The third kappa shape index (κ3) is 5.10. The highest BCUT2D eigenvalue weighted by Crippen LogP contribution is 2.26. The van der Waals surface area contributed by atoms with Gasteiger partial charge in [-0.1, -0.05) is 49.1 Å². The molecule has 1 aliphatic carbocycles. The van der Waals surface area contributed by atoms with E-state index in [2.05, 4.69) is 36.2 Å². The van der Waals surface area contributed by atoms with Crippen molar-refractivity contribution < 1.29 is 14.6 Å². The molecular formula is C22H27NO3. The highest BCUT2D eigenvalue weighted by atomic mass is 16.5. The average molecular weight is 353 g/mol. The minimum absolute atomic E-state index is 0.227. The second kappa shape index (κ2) is 9.41. The number of rotatable bonds is 9. The van der Waals surface area contributed by atoms with Gasteiger partial charge in [-0.05, 0) is 42.5 Å². The van der Waals surface area contributed by atoms with Gasteiger partial charge in [0.15, 0.2) is 11.5 Å². The van der Waals surface area contributed by atoms with Gasteiger partial charge >= 0.3 is 0 Å². The molecule has 0 saturated heterocycles. The lowest BCUT2D eigenvalue weighted by molar-refractivity contribution is 0.101. The summed E-state index contributed by atoms with van der Waals surface area (Å²) in [6.07, 6.45) is 4.33. The summed E-state index contributed by atoms with van der Waals surface area (Å²) >= 11 is 0. The Morgan fingerprint density at radius 2 is 1.77 bits per heavy atom. The quantitative estimate of drug-likeness (QED) is 0.680. The van der Waals surface area contributed by atoms with E-state index in [-0.39, 0.29) is 6.61 Å². The lowest BCUT2D eigenvalue weighted by Crippen LogP contribution is -2.40. The molecule has 0 bridgehead atoms. The van der Waals surface area contributed by atoms with E-state index in [1.807, 2.05) is 24.3 Å². The molecule has 2 atom stereocenters. The number of aliphatic hydroxyl groups excluding tert-OH is 1. The molecule has 2 aromatic carbocycles. The van der Waals surface area contributed by atoms with E-state index in [9.17, 15) is 5.11 Å². The maximum atomic E-state index is 10.3. The molecule has 26 heavy (non-hydrogen) atoms. The summed E-state index contributed by atoms with van der Waals surface area (Å²) in [5, 5.41) is 13.7. The van der Waals surface area contributed by atoms with Gasteiger partial charge in [0.1, 0.15) is 19.3 Å². The molecule has 4 nitrogen and oxygen atoms in total. The third-order valence-corrected chi connectivity index (χ3v) is 4.63. The molecule has 0 amide bonds. The van der Waals surface area contributed by atoms with Crippen molar-refractivity contribution >= 4 is 0 Å². The van der Waals surface area contributed by atoms with Crippen LogP contribution in [0.15, 0.2) is 61.2 Å². The first-order valence-electron chi connectivity index (χ1n) is 9.20. The van der Waals surface area contributed by atoms with Gasteiger partial charge in [0.25, 0.3) is 0 Å².